The fourth-order valence-corrected chi connectivity index (χ4v) is 2.49. The fraction of sp³-hybridized carbons (Fsp3) is 0.133. The van der Waals surface area contributed by atoms with E-state index in [1.807, 2.05) is 25.1 Å². The highest BCUT2D eigenvalue weighted by atomic mass is 79.9. The highest BCUT2D eigenvalue weighted by molar-refractivity contribution is 9.10. The van der Waals surface area contributed by atoms with Gasteiger partial charge < -0.3 is 0 Å². The fourth-order valence-electron chi connectivity index (χ4n) is 1.79. The number of halogens is 3. The number of benzene rings is 2. The van der Waals surface area contributed by atoms with Crippen LogP contribution in [0, 0.1) is 12.7 Å². The molecule has 0 aliphatic rings. The number of ketones is 1. The second-order valence-corrected chi connectivity index (χ2v) is 5.58. The maximum absolute atomic E-state index is 12.9. The Kier molecular flexibility index (Phi) is 4.38. The third-order valence-electron chi connectivity index (χ3n) is 2.79. The van der Waals surface area contributed by atoms with Gasteiger partial charge in [0.2, 0.25) is 0 Å². The summed E-state index contributed by atoms with van der Waals surface area (Å²) in [6, 6.07) is 9.65. The molecule has 19 heavy (non-hydrogen) atoms. The largest absolute Gasteiger partial charge is 0.294 e. The Bertz CT molecular complexity index is 640. The summed E-state index contributed by atoms with van der Waals surface area (Å²) in [5.41, 5.74) is 2.25. The lowest BCUT2D eigenvalue weighted by atomic mass is 10.0. The summed E-state index contributed by atoms with van der Waals surface area (Å²) in [5.74, 6) is -0.456. The van der Waals surface area contributed by atoms with Gasteiger partial charge in [0, 0.05) is 21.5 Å². The molecule has 0 spiro atoms. The Morgan fingerprint density at radius 3 is 2.68 bits per heavy atom. The molecule has 2 aromatic rings. The van der Waals surface area contributed by atoms with Gasteiger partial charge in [-0.15, -0.1) is 0 Å². The monoisotopic (exact) mass is 340 g/mol. The van der Waals surface area contributed by atoms with Gasteiger partial charge in [0.15, 0.2) is 5.78 Å². The van der Waals surface area contributed by atoms with Crippen LogP contribution in [0.25, 0.3) is 0 Å². The first-order valence-corrected chi connectivity index (χ1v) is 6.88. The van der Waals surface area contributed by atoms with Gasteiger partial charge in [0.25, 0.3) is 0 Å². The van der Waals surface area contributed by atoms with Crippen LogP contribution in [-0.2, 0) is 6.42 Å². The summed E-state index contributed by atoms with van der Waals surface area (Å²) >= 11 is 9.29. The number of Topliss-reactive ketones (excluding diaryl/α,β-unsaturated/α-hetero) is 1. The minimum Gasteiger partial charge on any atom is -0.294 e. The Morgan fingerprint density at radius 1 is 1.26 bits per heavy atom. The van der Waals surface area contributed by atoms with Crippen molar-refractivity contribution in [2.24, 2.45) is 0 Å². The van der Waals surface area contributed by atoms with Gasteiger partial charge in [-0.05, 0) is 36.8 Å². The first kappa shape index (κ1) is 14.2. The molecule has 0 aliphatic carbocycles. The molecule has 1 nitrogen and oxygen atoms in total. The Hall–Kier alpha value is -1.19. The van der Waals surface area contributed by atoms with E-state index in [2.05, 4.69) is 15.9 Å². The van der Waals surface area contributed by atoms with Crippen molar-refractivity contribution >= 4 is 33.3 Å². The van der Waals surface area contributed by atoms with E-state index in [0.717, 1.165) is 10.0 Å². The number of carbonyl (C=O) groups excluding carboxylic acids is 1. The molecule has 0 heterocycles. The van der Waals surface area contributed by atoms with E-state index in [1.54, 1.807) is 6.07 Å². The van der Waals surface area contributed by atoms with Crippen LogP contribution < -0.4 is 0 Å². The van der Waals surface area contributed by atoms with Crippen LogP contribution in [0.1, 0.15) is 21.5 Å². The highest BCUT2D eigenvalue weighted by Gasteiger charge is 2.13. The van der Waals surface area contributed by atoms with E-state index < -0.39 is 5.82 Å². The molecule has 0 unspecified atom stereocenters. The van der Waals surface area contributed by atoms with Crippen molar-refractivity contribution in [1.29, 1.82) is 0 Å². The molecule has 2 rings (SSSR count). The molecule has 0 aromatic heterocycles. The van der Waals surface area contributed by atoms with Crippen LogP contribution >= 0.6 is 27.5 Å². The number of carbonyl (C=O) groups is 1. The zero-order valence-electron chi connectivity index (χ0n) is 10.2. The maximum atomic E-state index is 12.9. The molecular weight excluding hydrogens is 331 g/mol. The van der Waals surface area contributed by atoms with Crippen LogP contribution in [-0.4, -0.2) is 5.78 Å². The average molecular weight is 342 g/mol. The third-order valence-corrected chi connectivity index (χ3v) is 3.83. The van der Waals surface area contributed by atoms with Gasteiger partial charge in [-0.2, -0.15) is 0 Å². The van der Waals surface area contributed by atoms with E-state index in [-0.39, 0.29) is 17.2 Å². The van der Waals surface area contributed by atoms with Crippen molar-refractivity contribution < 1.29 is 9.18 Å². The second kappa shape index (κ2) is 5.85. The van der Waals surface area contributed by atoms with Gasteiger partial charge in [-0.1, -0.05) is 45.2 Å². The summed E-state index contributed by atoms with van der Waals surface area (Å²) in [6.07, 6.45) is 0.154. The number of hydrogen-bond donors (Lipinski definition) is 0. The summed E-state index contributed by atoms with van der Waals surface area (Å²) < 4.78 is 13.7. The van der Waals surface area contributed by atoms with Crippen molar-refractivity contribution in [3.05, 3.63) is 68.4 Å². The second-order valence-electron chi connectivity index (χ2n) is 4.32. The molecule has 0 radical (unpaired) electrons. The van der Waals surface area contributed by atoms with Crippen LogP contribution in [0.3, 0.4) is 0 Å². The predicted molar refractivity (Wildman–Crippen MR) is 78.3 cm³/mol. The lowest BCUT2D eigenvalue weighted by molar-refractivity contribution is 0.0992. The maximum Gasteiger partial charge on any atom is 0.168 e. The summed E-state index contributed by atoms with van der Waals surface area (Å²) in [5, 5.41) is 0.275. The predicted octanol–water partition coefficient (Wildman–Crippen LogP) is 4.98. The van der Waals surface area contributed by atoms with E-state index in [1.165, 1.54) is 12.1 Å². The number of aryl methyl sites for hydroxylation is 1. The molecule has 2 aromatic carbocycles. The van der Waals surface area contributed by atoms with Crippen LogP contribution in [0.4, 0.5) is 4.39 Å². The first-order valence-electron chi connectivity index (χ1n) is 5.70. The van der Waals surface area contributed by atoms with Crippen molar-refractivity contribution in [1.82, 2.24) is 0 Å². The molecular formula is C15H11BrClFO. The molecule has 98 valence electrons. The van der Waals surface area contributed by atoms with Gasteiger partial charge >= 0.3 is 0 Å². The average Bonchev–Trinajstić information content (AvgIpc) is 2.35. The molecule has 0 aliphatic heterocycles. The van der Waals surface area contributed by atoms with Gasteiger partial charge in [0.1, 0.15) is 5.82 Å². The zero-order chi connectivity index (χ0) is 14.0. The molecule has 0 fully saturated rings. The van der Waals surface area contributed by atoms with Crippen LogP contribution in [0.5, 0.6) is 0 Å². The lowest BCUT2D eigenvalue weighted by Crippen LogP contribution is -2.05. The van der Waals surface area contributed by atoms with Crippen LogP contribution in [0.2, 0.25) is 5.02 Å². The summed E-state index contributed by atoms with van der Waals surface area (Å²) in [7, 11) is 0. The Labute approximate surface area is 124 Å². The van der Waals surface area contributed by atoms with E-state index in [9.17, 15) is 9.18 Å². The number of rotatable bonds is 3. The Morgan fingerprint density at radius 2 is 2.00 bits per heavy atom. The molecule has 0 saturated carbocycles. The quantitative estimate of drug-likeness (QED) is 0.720. The molecule has 0 saturated heterocycles. The lowest BCUT2D eigenvalue weighted by Gasteiger charge is -2.07. The van der Waals surface area contributed by atoms with Gasteiger partial charge in [0.05, 0.1) is 0 Å². The standard InChI is InChI=1S/C15H11BrClFO/c1-9-2-5-13(16)12(6-9)15(19)7-10-3-4-11(18)8-14(10)17/h2-6,8H,7H2,1H3. The smallest absolute Gasteiger partial charge is 0.168 e. The highest BCUT2D eigenvalue weighted by Crippen LogP contribution is 2.23. The van der Waals surface area contributed by atoms with Gasteiger partial charge in [-0.3, -0.25) is 4.79 Å². The molecule has 4 heteroatoms. The molecule has 0 bridgehead atoms. The van der Waals surface area contributed by atoms with E-state index in [0.29, 0.717) is 11.1 Å². The van der Waals surface area contributed by atoms with Crippen molar-refractivity contribution in [2.45, 2.75) is 13.3 Å². The third kappa shape index (κ3) is 3.43. The normalized spacial score (nSPS) is 10.5. The van der Waals surface area contributed by atoms with Crippen molar-refractivity contribution in [3.8, 4) is 0 Å². The van der Waals surface area contributed by atoms with Crippen LogP contribution in [0.15, 0.2) is 40.9 Å². The van der Waals surface area contributed by atoms with Crippen molar-refractivity contribution in [3.63, 3.8) is 0 Å². The van der Waals surface area contributed by atoms with Crippen molar-refractivity contribution in [2.75, 3.05) is 0 Å². The minimum absolute atomic E-state index is 0.0518. The minimum atomic E-state index is -0.405. The van der Waals surface area contributed by atoms with Gasteiger partial charge in [-0.25, -0.2) is 4.39 Å². The summed E-state index contributed by atoms with van der Waals surface area (Å²) in [6.45, 7) is 1.92. The van der Waals surface area contributed by atoms with E-state index in [4.69, 9.17) is 11.6 Å². The SMILES string of the molecule is Cc1ccc(Br)c(C(=O)Cc2ccc(F)cc2Cl)c1. The molecule has 0 amide bonds. The molecule has 0 N–H and O–H groups in total. The molecule has 0 atom stereocenters. The zero-order valence-corrected chi connectivity index (χ0v) is 12.6. The Balaban J connectivity index is 2.28. The first-order chi connectivity index (χ1) is 8.97. The topological polar surface area (TPSA) is 17.1 Å². The van der Waals surface area contributed by atoms with E-state index >= 15 is 0 Å². The number of hydrogen-bond acceptors (Lipinski definition) is 1. The summed E-state index contributed by atoms with van der Waals surface area (Å²) in [4.78, 5) is 12.2.